The Bertz CT molecular complexity index is 400. The number of anilines is 1. The summed E-state index contributed by atoms with van der Waals surface area (Å²) in [7, 11) is 0. The van der Waals surface area contributed by atoms with Crippen LogP contribution in [-0.4, -0.2) is 37.2 Å². The summed E-state index contributed by atoms with van der Waals surface area (Å²) in [6.45, 7) is 5.35. The van der Waals surface area contributed by atoms with E-state index >= 15 is 0 Å². The Morgan fingerprint density at radius 2 is 2.47 bits per heavy atom. The van der Waals surface area contributed by atoms with Crippen molar-refractivity contribution in [2.75, 3.05) is 31.6 Å². The summed E-state index contributed by atoms with van der Waals surface area (Å²) in [6, 6.07) is 3.56. The summed E-state index contributed by atoms with van der Waals surface area (Å²) in [5, 5.41) is 6.64. The minimum absolute atomic E-state index is 0.321. The van der Waals surface area contributed by atoms with Crippen molar-refractivity contribution in [1.29, 1.82) is 0 Å². The minimum Gasteiger partial charge on any atom is -0.462 e. The topological polar surface area (TPSA) is 63.2 Å². The Hall–Kier alpha value is -1.62. The van der Waals surface area contributed by atoms with Gasteiger partial charge in [0.05, 0.1) is 12.2 Å². The number of ether oxygens (including phenoxy) is 1. The van der Waals surface area contributed by atoms with Crippen molar-refractivity contribution in [3.8, 4) is 0 Å². The first-order valence-electron chi connectivity index (χ1n) is 6.87. The van der Waals surface area contributed by atoms with Crippen molar-refractivity contribution in [3.63, 3.8) is 0 Å². The highest BCUT2D eigenvalue weighted by Gasteiger charge is 2.13. The molecule has 1 saturated heterocycles. The SMILES string of the molecule is CCOC(=O)c1ccc(NCCC2CCNC2)nc1. The van der Waals surface area contributed by atoms with Gasteiger partial charge in [0.1, 0.15) is 5.82 Å². The highest BCUT2D eigenvalue weighted by atomic mass is 16.5. The van der Waals surface area contributed by atoms with Crippen LogP contribution in [0.5, 0.6) is 0 Å². The Morgan fingerprint density at radius 1 is 1.58 bits per heavy atom. The number of nitrogens with zero attached hydrogens (tertiary/aromatic N) is 1. The zero-order chi connectivity index (χ0) is 13.5. The van der Waals surface area contributed by atoms with Crippen molar-refractivity contribution in [2.24, 2.45) is 5.92 Å². The van der Waals surface area contributed by atoms with Crippen LogP contribution >= 0.6 is 0 Å². The molecule has 0 radical (unpaired) electrons. The van der Waals surface area contributed by atoms with Crippen LogP contribution in [0.4, 0.5) is 5.82 Å². The molecule has 0 aromatic carbocycles. The Kier molecular flexibility index (Phi) is 5.15. The van der Waals surface area contributed by atoms with E-state index in [1.807, 2.05) is 6.07 Å². The van der Waals surface area contributed by atoms with E-state index in [-0.39, 0.29) is 5.97 Å². The number of carbonyl (C=O) groups excluding carboxylic acids is 1. The zero-order valence-corrected chi connectivity index (χ0v) is 11.3. The molecule has 1 unspecified atom stereocenters. The fraction of sp³-hybridized carbons (Fsp3) is 0.571. The quantitative estimate of drug-likeness (QED) is 0.764. The second-order valence-electron chi connectivity index (χ2n) is 4.73. The predicted octanol–water partition coefficient (Wildman–Crippen LogP) is 1.67. The van der Waals surface area contributed by atoms with Gasteiger partial charge >= 0.3 is 5.97 Å². The number of carbonyl (C=O) groups is 1. The first-order chi connectivity index (χ1) is 9.29. The lowest BCUT2D eigenvalue weighted by Crippen LogP contribution is -2.13. The van der Waals surface area contributed by atoms with Gasteiger partial charge in [-0.3, -0.25) is 0 Å². The Balaban J connectivity index is 1.76. The van der Waals surface area contributed by atoms with E-state index in [4.69, 9.17) is 4.74 Å². The number of esters is 1. The molecule has 2 heterocycles. The van der Waals surface area contributed by atoms with Gasteiger partial charge in [0.2, 0.25) is 0 Å². The van der Waals surface area contributed by atoms with Crippen LogP contribution < -0.4 is 10.6 Å². The summed E-state index contributed by atoms with van der Waals surface area (Å²) < 4.78 is 4.91. The van der Waals surface area contributed by atoms with E-state index in [9.17, 15) is 4.79 Å². The number of pyridine rings is 1. The number of aromatic nitrogens is 1. The number of hydrogen-bond donors (Lipinski definition) is 2. The maximum absolute atomic E-state index is 11.5. The van der Waals surface area contributed by atoms with E-state index in [0.717, 1.165) is 37.8 Å². The monoisotopic (exact) mass is 263 g/mol. The third kappa shape index (κ3) is 4.21. The van der Waals surface area contributed by atoms with Gasteiger partial charge < -0.3 is 15.4 Å². The molecule has 1 aromatic rings. The van der Waals surface area contributed by atoms with Crippen LogP contribution in [-0.2, 0) is 4.74 Å². The van der Waals surface area contributed by atoms with Crippen LogP contribution in [0, 0.1) is 5.92 Å². The van der Waals surface area contributed by atoms with E-state index < -0.39 is 0 Å². The summed E-state index contributed by atoms with van der Waals surface area (Å²) in [4.78, 5) is 15.7. The second kappa shape index (κ2) is 7.09. The summed E-state index contributed by atoms with van der Waals surface area (Å²) in [5.41, 5.74) is 0.493. The molecule has 2 N–H and O–H groups in total. The molecular formula is C14H21N3O2. The third-order valence-electron chi connectivity index (χ3n) is 3.30. The smallest absolute Gasteiger partial charge is 0.339 e. The fourth-order valence-corrected chi connectivity index (χ4v) is 2.20. The molecule has 1 fully saturated rings. The summed E-state index contributed by atoms with van der Waals surface area (Å²) >= 11 is 0. The van der Waals surface area contributed by atoms with E-state index in [2.05, 4.69) is 15.6 Å². The minimum atomic E-state index is -0.321. The molecule has 2 rings (SSSR count). The average molecular weight is 263 g/mol. The summed E-state index contributed by atoms with van der Waals surface area (Å²) in [5.74, 6) is 1.25. The number of hydrogen-bond acceptors (Lipinski definition) is 5. The first-order valence-corrected chi connectivity index (χ1v) is 6.87. The molecule has 1 aliphatic rings. The molecule has 19 heavy (non-hydrogen) atoms. The van der Waals surface area contributed by atoms with Gasteiger partial charge in [0, 0.05) is 12.7 Å². The predicted molar refractivity (Wildman–Crippen MR) is 74.3 cm³/mol. The fourth-order valence-electron chi connectivity index (χ4n) is 2.20. The molecule has 0 aliphatic carbocycles. The molecule has 5 heteroatoms. The molecule has 0 saturated carbocycles. The van der Waals surface area contributed by atoms with Gasteiger partial charge in [0.15, 0.2) is 0 Å². The maximum Gasteiger partial charge on any atom is 0.339 e. The van der Waals surface area contributed by atoms with E-state index in [1.54, 1.807) is 19.2 Å². The highest BCUT2D eigenvalue weighted by Crippen LogP contribution is 2.12. The second-order valence-corrected chi connectivity index (χ2v) is 4.73. The normalized spacial score (nSPS) is 18.3. The molecule has 1 aliphatic heterocycles. The molecule has 5 nitrogen and oxygen atoms in total. The number of nitrogens with one attached hydrogen (secondary N) is 2. The van der Waals surface area contributed by atoms with E-state index in [0.29, 0.717) is 12.2 Å². The van der Waals surface area contributed by atoms with Gasteiger partial charge in [0.25, 0.3) is 0 Å². The van der Waals surface area contributed by atoms with Crippen LogP contribution in [0.1, 0.15) is 30.1 Å². The van der Waals surface area contributed by atoms with Gasteiger partial charge in [-0.25, -0.2) is 9.78 Å². The number of rotatable bonds is 6. The van der Waals surface area contributed by atoms with Gasteiger partial charge in [-0.1, -0.05) is 0 Å². The molecule has 1 atom stereocenters. The van der Waals surface area contributed by atoms with E-state index in [1.165, 1.54) is 6.42 Å². The van der Waals surface area contributed by atoms with Crippen molar-refractivity contribution >= 4 is 11.8 Å². The largest absolute Gasteiger partial charge is 0.462 e. The Morgan fingerprint density at radius 3 is 3.11 bits per heavy atom. The first kappa shape index (κ1) is 13.8. The Labute approximate surface area is 113 Å². The zero-order valence-electron chi connectivity index (χ0n) is 11.3. The lowest BCUT2D eigenvalue weighted by atomic mass is 10.1. The maximum atomic E-state index is 11.5. The van der Waals surface area contributed by atoms with Gasteiger partial charge in [-0.2, -0.15) is 0 Å². The van der Waals surface area contributed by atoms with Gasteiger partial charge in [-0.05, 0) is 50.9 Å². The molecule has 0 bridgehead atoms. The standard InChI is InChI=1S/C14H21N3O2/c1-2-19-14(18)12-3-4-13(17-10-12)16-8-6-11-5-7-15-9-11/h3-4,10-11,15H,2,5-9H2,1H3,(H,16,17). The molecule has 0 amide bonds. The van der Waals surface area contributed by atoms with Crippen molar-refractivity contribution in [3.05, 3.63) is 23.9 Å². The molecule has 104 valence electrons. The lowest BCUT2D eigenvalue weighted by Gasteiger charge is -2.10. The molecule has 1 aromatic heterocycles. The lowest BCUT2D eigenvalue weighted by molar-refractivity contribution is 0.0526. The van der Waals surface area contributed by atoms with Crippen LogP contribution in [0.2, 0.25) is 0 Å². The van der Waals surface area contributed by atoms with Gasteiger partial charge in [-0.15, -0.1) is 0 Å². The van der Waals surface area contributed by atoms with Crippen LogP contribution in [0.25, 0.3) is 0 Å². The van der Waals surface area contributed by atoms with Crippen LogP contribution in [0.15, 0.2) is 18.3 Å². The van der Waals surface area contributed by atoms with Crippen LogP contribution in [0.3, 0.4) is 0 Å². The van der Waals surface area contributed by atoms with Crippen molar-refractivity contribution in [2.45, 2.75) is 19.8 Å². The highest BCUT2D eigenvalue weighted by molar-refractivity contribution is 5.89. The average Bonchev–Trinajstić information content (AvgIpc) is 2.93. The summed E-state index contributed by atoms with van der Waals surface area (Å²) in [6.07, 6.45) is 3.96. The molecule has 0 spiro atoms. The third-order valence-corrected chi connectivity index (χ3v) is 3.30. The van der Waals surface area contributed by atoms with Crippen molar-refractivity contribution < 1.29 is 9.53 Å². The molecular weight excluding hydrogens is 242 g/mol. The van der Waals surface area contributed by atoms with Crippen molar-refractivity contribution in [1.82, 2.24) is 10.3 Å².